The lowest BCUT2D eigenvalue weighted by molar-refractivity contribution is 0.910. The number of aromatic nitrogens is 2. The lowest BCUT2D eigenvalue weighted by Gasteiger charge is -2.02. The third-order valence-corrected chi connectivity index (χ3v) is 3.47. The van der Waals surface area contributed by atoms with Crippen LogP contribution in [0.25, 0.3) is 11.3 Å². The number of anilines is 1. The molecule has 0 radical (unpaired) electrons. The molecule has 5 nitrogen and oxygen atoms in total. The molecule has 0 aliphatic carbocycles. The monoisotopic (exact) mass is 305 g/mol. The fourth-order valence-corrected chi connectivity index (χ4v) is 2.62. The van der Waals surface area contributed by atoms with Crippen LogP contribution >= 0.6 is 15.9 Å². The van der Waals surface area contributed by atoms with Crippen molar-refractivity contribution in [3.05, 3.63) is 34.3 Å². The number of hydrogen-bond acceptors (Lipinski definition) is 3. The predicted octanol–water partition coefficient (Wildman–Crippen LogP) is 2.02. The molecule has 0 bridgehead atoms. The molecular formula is C12H12BrN5. The number of benzene rings is 1. The summed E-state index contributed by atoms with van der Waals surface area (Å²) in [6.45, 7) is 0.863. The van der Waals surface area contributed by atoms with Gasteiger partial charge in [0.15, 0.2) is 0 Å². The van der Waals surface area contributed by atoms with Crippen LogP contribution in [-0.2, 0) is 6.42 Å². The summed E-state index contributed by atoms with van der Waals surface area (Å²) in [6.07, 6.45) is 0.907. The molecule has 2 heterocycles. The predicted molar refractivity (Wildman–Crippen MR) is 74.9 cm³/mol. The molecule has 6 heteroatoms. The summed E-state index contributed by atoms with van der Waals surface area (Å²) < 4.78 is 2.47. The van der Waals surface area contributed by atoms with Crippen molar-refractivity contribution in [3.8, 4) is 11.3 Å². The van der Waals surface area contributed by atoms with E-state index in [-0.39, 0.29) is 5.96 Å². The van der Waals surface area contributed by atoms with Crippen molar-refractivity contribution in [2.75, 3.05) is 11.9 Å². The highest BCUT2D eigenvalue weighted by molar-refractivity contribution is 9.10. The quantitative estimate of drug-likeness (QED) is 0.557. The number of rotatable bonds is 1. The third-order valence-electron chi connectivity index (χ3n) is 2.98. The number of nitrogen functional groups attached to an aromatic ring is 1. The van der Waals surface area contributed by atoms with E-state index in [2.05, 4.69) is 26.3 Å². The van der Waals surface area contributed by atoms with Crippen LogP contribution in [0.1, 0.15) is 5.56 Å². The Hall–Kier alpha value is -1.82. The van der Waals surface area contributed by atoms with Gasteiger partial charge in [0.25, 0.3) is 0 Å². The molecule has 1 aromatic heterocycles. The van der Waals surface area contributed by atoms with Gasteiger partial charge < -0.3 is 11.1 Å². The van der Waals surface area contributed by atoms with Gasteiger partial charge in [0.1, 0.15) is 5.82 Å². The maximum atomic E-state index is 7.55. The molecule has 0 spiro atoms. The summed E-state index contributed by atoms with van der Waals surface area (Å²) in [4.78, 5) is 0. The molecule has 0 amide bonds. The van der Waals surface area contributed by atoms with Crippen molar-refractivity contribution in [2.45, 2.75) is 6.42 Å². The summed E-state index contributed by atoms with van der Waals surface area (Å²) in [5.74, 6) is 0.777. The zero-order valence-corrected chi connectivity index (χ0v) is 11.2. The molecular weight excluding hydrogens is 294 g/mol. The molecule has 92 valence electrons. The molecule has 1 aliphatic rings. The highest BCUT2D eigenvalue weighted by Crippen LogP contribution is 2.33. The molecule has 0 saturated heterocycles. The Morgan fingerprint density at radius 2 is 2.33 bits per heavy atom. The van der Waals surface area contributed by atoms with Gasteiger partial charge in [-0.2, -0.15) is 9.78 Å². The van der Waals surface area contributed by atoms with Gasteiger partial charge in [0, 0.05) is 22.1 Å². The van der Waals surface area contributed by atoms with E-state index in [1.165, 1.54) is 4.68 Å². The second-order valence-electron chi connectivity index (χ2n) is 4.16. The van der Waals surface area contributed by atoms with Crippen LogP contribution in [-0.4, -0.2) is 22.3 Å². The Morgan fingerprint density at radius 1 is 1.50 bits per heavy atom. The number of nitrogens with two attached hydrogens (primary N) is 1. The average molecular weight is 306 g/mol. The molecule has 0 atom stereocenters. The molecule has 4 N–H and O–H groups in total. The summed E-state index contributed by atoms with van der Waals surface area (Å²) in [5, 5.41) is 15.2. The molecule has 0 saturated carbocycles. The number of halogens is 1. The average Bonchev–Trinajstić information content (AvgIpc) is 2.88. The van der Waals surface area contributed by atoms with E-state index in [1.54, 1.807) is 0 Å². The van der Waals surface area contributed by atoms with E-state index in [4.69, 9.17) is 11.1 Å². The molecule has 1 aliphatic heterocycles. The van der Waals surface area contributed by atoms with E-state index in [0.29, 0.717) is 0 Å². The molecule has 0 fully saturated rings. The van der Waals surface area contributed by atoms with Crippen molar-refractivity contribution < 1.29 is 0 Å². The lowest BCUT2D eigenvalue weighted by atomic mass is 10.1. The van der Waals surface area contributed by atoms with Crippen LogP contribution in [0.15, 0.2) is 28.7 Å². The Bertz CT molecular complexity index is 631. The van der Waals surface area contributed by atoms with Crippen LogP contribution in [0.5, 0.6) is 0 Å². The highest BCUT2D eigenvalue weighted by Gasteiger charge is 2.24. The largest absolute Gasteiger partial charge is 0.369 e. The Morgan fingerprint density at radius 3 is 3.06 bits per heavy atom. The van der Waals surface area contributed by atoms with E-state index in [1.807, 2.05) is 24.3 Å². The van der Waals surface area contributed by atoms with Crippen LogP contribution in [0.4, 0.5) is 5.82 Å². The summed E-state index contributed by atoms with van der Waals surface area (Å²) in [6, 6.07) is 7.98. The van der Waals surface area contributed by atoms with Crippen LogP contribution in [0.3, 0.4) is 0 Å². The van der Waals surface area contributed by atoms with Gasteiger partial charge in [-0.1, -0.05) is 28.1 Å². The van der Waals surface area contributed by atoms with Crippen LogP contribution < -0.4 is 11.1 Å². The van der Waals surface area contributed by atoms with Gasteiger partial charge >= 0.3 is 0 Å². The van der Waals surface area contributed by atoms with Crippen molar-refractivity contribution in [1.29, 1.82) is 5.41 Å². The van der Waals surface area contributed by atoms with E-state index < -0.39 is 0 Å². The van der Waals surface area contributed by atoms with Gasteiger partial charge in [0.05, 0.1) is 5.69 Å². The van der Waals surface area contributed by atoms with Gasteiger partial charge in [0.2, 0.25) is 5.96 Å². The minimum Gasteiger partial charge on any atom is -0.369 e. The second kappa shape index (κ2) is 4.13. The molecule has 2 aromatic rings. The maximum absolute atomic E-state index is 7.55. The summed E-state index contributed by atoms with van der Waals surface area (Å²) in [5.41, 5.74) is 8.60. The standard InChI is InChI=1S/C12H12BrN5/c13-8-3-1-2-7(6-8)10-9-4-5-16-11(9)18(17-10)12(14)15/h1-3,6,16H,4-5H2,(H3,14,15). The first kappa shape index (κ1) is 11.3. The van der Waals surface area contributed by atoms with Gasteiger partial charge in [-0.3, -0.25) is 5.41 Å². The summed E-state index contributed by atoms with van der Waals surface area (Å²) in [7, 11) is 0. The van der Waals surface area contributed by atoms with E-state index in [0.717, 1.165) is 40.1 Å². The van der Waals surface area contributed by atoms with Gasteiger partial charge in [-0.05, 0) is 18.6 Å². The van der Waals surface area contributed by atoms with Crippen LogP contribution in [0.2, 0.25) is 0 Å². The Kier molecular flexibility index (Phi) is 2.59. The topological polar surface area (TPSA) is 79.7 Å². The number of hydrogen-bond donors (Lipinski definition) is 3. The van der Waals surface area contributed by atoms with E-state index in [9.17, 15) is 0 Å². The number of nitrogens with zero attached hydrogens (tertiary/aromatic N) is 2. The highest BCUT2D eigenvalue weighted by atomic mass is 79.9. The van der Waals surface area contributed by atoms with Crippen molar-refractivity contribution in [3.63, 3.8) is 0 Å². The second-order valence-corrected chi connectivity index (χ2v) is 5.08. The Balaban J connectivity index is 2.19. The zero-order chi connectivity index (χ0) is 12.7. The maximum Gasteiger partial charge on any atom is 0.215 e. The molecule has 1 aromatic carbocycles. The zero-order valence-electron chi connectivity index (χ0n) is 9.57. The first-order valence-corrected chi connectivity index (χ1v) is 6.42. The first-order chi connectivity index (χ1) is 8.66. The fraction of sp³-hybridized carbons (Fsp3) is 0.167. The van der Waals surface area contributed by atoms with Crippen molar-refractivity contribution in [2.24, 2.45) is 5.73 Å². The minimum absolute atomic E-state index is 0.0677. The van der Waals surface area contributed by atoms with Gasteiger partial charge in [-0.15, -0.1) is 0 Å². The lowest BCUT2D eigenvalue weighted by Crippen LogP contribution is -2.23. The summed E-state index contributed by atoms with van der Waals surface area (Å²) >= 11 is 3.46. The molecule has 3 rings (SSSR count). The smallest absolute Gasteiger partial charge is 0.215 e. The van der Waals surface area contributed by atoms with Crippen molar-refractivity contribution in [1.82, 2.24) is 9.78 Å². The fourth-order valence-electron chi connectivity index (χ4n) is 2.22. The minimum atomic E-state index is -0.0677. The van der Waals surface area contributed by atoms with Crippen LogP contribution in [0, 0.1) is 5.41 Å². The number of fused-ring (bicyclic) bond motifs is 1. The SMILES string of the molecule is N=C(N)n1nc(-c2cccc(Br)c2)c2c1NCC2. The van der Waals surface area contributed by atoms with Crippen molar-refractivity contribution >= 4 is 27.7 Å². The van der Waals surface area contributed by atoms with E-state index >= 15 is 0 Å². The third kappa shape index (κ3) is 1.69. The molecule has 18 heavy (non-hydrogen) atoms. The Labute approximate surface area is 113 Å². The molecule has 0 unspecified atom stereocenters. The van der Waals surface area contributed by atoms with Gasteiger partial charge in [-0.25, -0.2) is 0 Å². The number of nitrogens with one attached hydrogen (secondary N) is 2. The normalized spacial score (nSPS) is 13.2. The first-order valence-electron chi connectivity index (χ1n) is 5.63.